The van der Waals surface area contributed by atoms with E-state index in [4.69, 9.17) is 0 Å². The number of carboxylic acids is 1. The van der Waals surface area contributed by atoms with Crippen molar-refractivity contribution in [3.8, 4) is 11.1 Å². The molecule has 19 heavy (non-hydrogen) atoms. The van der Waals surface area contributed by atoms with Crippen molar-refractivity contribution in [1.82, 2.24) is 4.98 Å². The van der Waals surface area contributed by atoms with Crippen LogP contribution in [0.1, 0.15) is 15.9 Å². The molecule has 1 aromatic carbocycles. The van der Waals surface area contributed by atoms with Gasteiger partial charge < -0.3 is 10.4 Å². The fourth-order valence-electron chi connectivity index (χ4n) is 1.98. The fraction of sp³-hybridized carbons (Fsp3) is 0.143. The molecular formula is C14H13BrN2O2. The van der Waals surface area contributed by atoms with Crippen LogP contribution in [-0.4, -0.2) is 23.1 Å². The largest absolute Gasteiger partial charge is 0.478 e. The molecule has 0 radical (unpaired) electrons. The Bertz CT molecular complexity index is 641. The van der Waals surface area contributed by atoms with Gasteiger partial charge in [-0.25, -0.2) is 9.78 Å². The second kappa shape index (κ2) is 5.40. The van der Waals surface area contributed by atoms with E-state index in [1.54, 1.807) is 19.3 Å². The highest BCUT2D eigenvalue weighted by atomic mass is 79.9. The molecule has 0 spiro atoms. The van der Waals surface area contributed by atoms with E-state index in [-0.39, 0.29) is 5.56 Å². The molecule has 0 aliphatic rings. The van der Waals surface area contributed by atoms with Crippen LogP contribution >= 0.6 is 15.9 Å². The fourth-order valence-corrected chi connectivity index (χ4v) is 2.34. The summed E-state index contributed by atoms with van der Waals surface area (Å²) in [5.41, 5.74) is 2.74. The van der Waals surface area contributed by atoms with Gasteiger partial charge >= 0.3 is 5.97 Å². The SMILES string of the molecule is CNc1nccc(-c2cc(Br)ccc2C)c1C(=O)O. The average Bonchev–Trinajstić information content (AvgIpc) is 2.40. The maximum absolute atomic E-state index is 11.5. The number of carbonyl (C=O) groups is 1. The molecule has 0 atom stereocenters. The second-order valence-electron chi connectivity index (χ2n) is 4.10. The highest BCUT2D eigenvalue weighted by molar-refractivity contribution is 9.10. The number of rotatable bonds is 3. The van der Waals surface area contributed by atoms with E-state index in [1.807, 2.05) is 25.1 Å². The molecule has 98 valence electrons. The minimum absolute atomic E-state index is 0.186. The van der Waals surface area contributed by atoms with E-state index in [1.165, 1.54) is 0 Å². The van der Waals surface area contributed by atoms with E-state index in [2.05, 4.69) is 26.2 Å². The Morgan fingerprint density at radius 2 is 2.05 bits per heavy atom. The molecule has 0 aliphatic carbocycles. The van der Waals surface area contributed by atoms with Gasteiger partial charge in [-0.05, 0) is 36.2 Å². The summed E-state index contributed by atoms with van der Waals surface area (Å²) < 4.78 is 0.909. The van der Waals surface area contributed by atoms with Gasteiger partial charge in [0.05, 0.1) is 0 Å². The third kappa shape index (κ3) is 2.61. The number of nitrogens with one attached hydrogen (secondary N) is 1. The van der Waals surface area contributed by atoms with E-state index in [9.17, 15) is 9.90 Å². The maximum atomic E-state index is 11.5. The normalized spacial score (nSPS) is 10.3. The van der Waals surface area contributed by atoms with Crippen LogP contribution in [0.3, 0.4) is 0 Å². The molecule has 2 rings (SSSR count). The van der Waals surface area contributed by atoms with Crippen LogP contribution in [0.5, 0.6) is 0 Å². The number of hydrogen-bond acceptors (Lipinski definition) is 3. The highest BCUT2D eigenvalue weighted by Crippen LogP contribution is 2.32. The molecule has 5 heteroatoms. The van der Waals surface area contributed by atoms with Crippen molar-refractivity contribution in [1.29, 1.82) is 0 Å². The topological polar surface area (TPSA) is 62.2 Å². The van der Waals surface area contributed by atoms with Gasteiger partial charge in [-0.1, -0.05) is 22.0 Å². The Labute approximate surface area is 119 Å². The van der Waals surface area contributed by atoms with Crippen LogP contribution in [-0.2, 0) is 0 Å². The van der Waals surface area contributed by atoms with Gasteiger partial charge in [0.25, 0.3) is 0 Å². The molecule has 0 saturated carbocycles. The quantitative estimate of drug-likeness (QED) is 0.907. The minimum atomic E-state index is -0.994. The van der Waals surface area contributed by atoms with Crippen molar-refractivity contribution < 1.29 is 9.90 Å². The first-order valence-corrected chi connectivity index (χ1v) is 6.50. The molecule has 1 heterocycles. The van der Waals surface area contributed by atoms with Crippen LogP contribution in [0, 0.1) is 6.92 Å². The number of aryl methyl sites for hydroxylation is 1. The lowest BCUT2D eigenvalue weighted by molar-refractivity contribution is 0.0698. The number of nitrogens with zero attached hydrogens (tertiary/aromatic N) is 1. The van der Waals surface area contributed by atoms with E-state index < -0.39 is 5.97 Å². The Hall–Kier alpha value is -1.88. The lowest BCUT2D eigenvalue weighted by Gasteiger charge is -2.12. The summed E-state index contributed by atoms with van der Waals surface area (Å²) in [6.45, 7) is 1.95. The van der Waals surface area contributed by atoms with Gasteiger partial charge in [-0.2, -0.15) is 0 Å². The van der Waals surface area contributed by atoms with Crippen LogP contribution in [0.4, 0.5) is 5.82 Å². The molecule has 1 aromatic heterocycles. The zero-order valence-corrected chi connectivity index (χ0v) is 12.2. The number of aromatic nitrogens is 1. The maximum Gasteiger partial charge on any atom is 0.340 e. The van der Waals surface area contributed by atoms with Crippen LogP contribution in [0.25, 0.3) is 11.1 Å². The monoisotopic (exact) mass is 320 g/mol. The predicted octanol–water partition coefficient (Wildman–Crippen LogP) is 3.56. The summed E-state index contributed by atoms with van der Waals surface area (Å²) >= 11 is 3.41. The number of carboxylic acid groups (broad SMARTS) is 1. The highest BCUT2D eigenvalue weighted by Gasteiger charge is 2.18. The van der Waals surface area contributed by atoms with Crippen LogP contribution in [0.15, 0.2) is 34.9 Å². The lowest BCUT2D eigenvalue weighted by Crippen LogP contribution is -2.07. The van der Waals surface area contributed by atoms with Crippen molar-refractivity contribution in [2.75, 3.05) is 12.4 Å². The third-order valence-corrected chi connectivity index (χ3v) is 3.38. The van der Waals surface area contributed by atoms with Crippen molar-refractivity contribution in [3.05, 3.63) is 46.1 Å². The molecule has 0 amide bonds. The second-order valence-corrected chi connectivity index (χ2v) is 5.01. The average molecular weight is 321 g/mol. The predicted molar refractivity (Wildman–Crippen MR) is 78.6 cm³/mol. The number of pyridine rings is 1. The number of anilines is 1. The number of hydrogen-bond donors (Lipinski definition) is 2. The smallest absolute Gasteiger partial charge is 0.340 e. The first-order valence-electron chi connectivity index (χ1n) is 5.71. The Morgan fingerprint density at radius 3 is 2.68 bits per heavy atom. The molecule has 0 saturated heterocycles. The summed E-state index contributed by atoms with van der Waals surface area (Å²) in [5, 5.41) is 12.2. The Morgan fingerprint density at radius 1 is 1.32 bits per heavy atom. The van der Waals surface area contributed by atoms with Crippen LogP contribution < -0.4 is 5.32 Å². The first-order chi connectivity index (χ1) is 9.04. The zero-order valence-electron chi connectivity index (χ0n) is 10.6. The van der Waals surface area contributed by atoms with E-state index in [0.717, 1.165) is 15.6 Å². The van der Waals surface area contributed by atoms with E-state index in [0.29, 0.717) is 11.4 Å². The van der Waals surface area contributed by atoms with Crippen LogP contribution in [0.2, 0.25) is 0 Å². The molecule has 2 aromatic rings. The lowest BCUT2D eigenvalue weighted by atomic mass is 9.97. The van der Waals surface area contributed by atoms with Gasteiger partial charge in [0.1, 0.15) is 11.4 Å². The summed E-state index contributed by atoms with van der Waals surface area (Å²) in [4.78, 5) is 15.5. The summed E-state index contributed by atoms with van der Waals surface area (Å²) in [7, 11) is 1.66. The van der Waals surface area contributed by atoms with Crippen molar-refractivity contribution in [2.45, 2.75) is 6.92 Å². The van der Waals surface area contributed by atoms with Gasteiger partial charge in [0.2, 0.25) is 0 Å². The molecule has 0 aliphatic heterocycles. The molecule has 0 unspecified atom stereocenters. The number of halogens is 1. The molecule has 4 nitrogen and oxygen atoms in total. The van der Waals surface area contributed by atoms with Crippen molar-refractivity contribution in [2.24, 2.45) is 0 Å². The number of benzene rings is 1. The molecule has 2 N–H and O–H groups in total. The first kappa shape index (κ1) is 13.5. The third-order valence-electron chi connectivity index (χ3n) is 2.89. The van der Waals surface area contributed by atoms with Gasteiger partial charge in [0, 0.05) is 23.3 Å². The summed E-state index contributed by atoms with van der Waals surface area (Å²) in [6, 6.07) is 7.51. The van der Waals surface area contributed by atoms with Crippen molar-refractivity contribution >= 4 is 27.7 Å². The van der Waals surface area contributed by atoms with E-state index >= 15 is 0 Å². The number of aromatic carboxylic acids is 1. The summed E-state index contributed by atoms with van der Waals surface area (Å²) in [6.07, 6.45) is 1.61. The molecule has 0 bridgehead atoms. The van der Waals surface area contributed by atoms with Crippen molar-refractivity contribution in [3.63, 3.8) is 0 Å². The molecular weight excluding hydrogens is 308 g/mol. The molecule has 0 fully saturated rings. The van der Waals surface area contributed by atoms with Gasteiger partial charge in [-0.3, -0.25) is 0 Å². The van der Waals surface area contributed by atoms with Gasteiger partial charge in [0.15, 0.2) is 0 Å². The summed E-state index contributed by atoms with van der Waals surface area (Å²) in [5.74, 6) is -0.629. The minimum Gasteiger partial charge on any atom is -0.478 e. The Kier molecular flexibility index (Phi) is 3.85. The zero-order chi connectivity index (χ0) is 14.0. The Balaban J connectivity index is 2.75. The van der Waals surface area contributed by atoms with Gasteiger partial charge in [-0.15, -0.1) is 0 Å². The standard InChI is InChI=1S/C14H13BrN2O2/c1-8-3-4-9(15)7-11(8)10-5-6-17-13(16-2)12(10)14(18)19/h3-7H,1-2H3,(H,16,17)(H,18,19).